The SMILES string of the molecule is CCOOCc1ccc(C)c(-c2ccc(C(=O)Nc3c(F)cccc3F)s2)c1. The number of carbonyl (C=O) groups is 1. The van der Waals surface area contributed by atoms with Crippen LogP contribution in [0.25, 0.3) is 10.4 Å². The third-order valence-electron chi connectivity index (χ3n) is 4.03. The van der Waals surface area contributed by atoms with Crippen molar-refractivity contribution in [1.82, 2.24) is 0 Å². The predicted molar refractivity (Wildman–Crippen MR) is 105 cm³/mol. The summed E-state index contributed by atoms with van der Waals surface area (Å²) in [5.41, 5.74) is 2.48. The smallest absolute Gasteiger partial charge is 0.265 e. The van der Waals surface area contributed by atoms with E-state index in [1.54, 1.807) is 6.07 Å². The maximum atomic E-state index is 13.7. The molecule has 3 aromatic rings. The normalized spacial score (nSPS) is 10.9. The van der Waals surface area contributed by atoms with Gasteiger partial charge in [0.1, 0.15) is 23.9 Å². The molecule has 1 N–H and O–H groups in total. The summed E-state index contributed by atoms with van der Waals surface area (Å²) >= 11 is 1.25. The minimum atomic E-state index is -0.817. The Morgan fingerprint density at radius 2 is 1.82 bits per heavy atom. The van der Waals surface area contributed by atoms with E-state index in [0.29, 0.717) is 18.1 Å². The van der Waals surface area contributed by atoms with Crippen LogP contribution in [0.4, 0.5) is 14.5 Å². The molecule has 1 heterocycles. The highest BCUT2D eigenvalue weighted by Crippen LogP contribution is 2.32. The zero-order chi connectivity index (χ0) is 20.1. The summed E-state index contributed by atoms with van der Waals surface area (Å²) in [6.07, 6.45) is 0. The van der Waals surface area contributed by atoms with Crippen molar-refractivity contribution in [3.8, 4) is 10.4 Å². The molecule has 0 bridgehead atoms. The van der Waals surface area contributed by atoms with E-state index in [-0.39, 0.29) is 0 Å². The summed E-state index contributed by atoms with van der Waals surface area (Å²) in [6, 6.07) is 12.8. The van der Waals surface area contributed by atoms with Crippen LogP contribution in [0.2, 0.25) is 0 Å². The van der Waals surface area contributed by atoms with Crippen LogP contribution in [0.1, 0.15) is 27.7 Å². The van der Waals surface area contributed by atoms with E-state index in [9.17, 15) is 13.6 Å². The van der Waals surface area contributed by atoms with Gasteiger partial charge in [0.15, 0.2) is 0 Å². The van der Waals surface area contributed by atoms with Crippen LogP contribution in [-0.4, -0.2) is 12.5 Å². The Morgan fingerprint density at radius 3 is 2.54 bits per heavy atom. The fraction of sp³-hybridized carbons (Fsp3) is 0.190. The number of para-hydroxylation sites is 1. The lowest BCUT2D eigenvalue weighted by atomic mass is 10.0. The van der Waals surface area contributed by atoms with Gasteiger partial charge in [0, 0.05) is 4.88 Å². The topological polar surface area (TPSA) is 47.6 Å². The van der Waals surface area contributed by atoms with E-state index in [1.807, 2.05) is 38.1 Å². The lowest BCUT2D eigenvalue weighted by Crippen LogP contribution is -2.12. The Hall–Kier alpha value is -2.61. The fourth-order valence-electron chi connectivity index (χ4n) is 2.61. The number of halogens is 2. The highest BCUT2D eigenvalue weighted by molar-refractivity contribution is 7.17. The van der Waals surface area contributed by atoms with E-state index in [1.165, 1.54) is 17.4 Å². The van der Waals surface area contributed by atoms with Crippen molar-refractivity contribution in [1.29, 1.82) is 0 Å². The van der Waals surface area contributed by atoms with E-state index in [0.717, 1.165) is 33.7 Å². The number of carbonyl (C=O) groups excluding carboxylic acids is 1. The monoisotopic (exact) mass is 403 g/mol. The molecular weight excluding hydrogens is 384 g/mol. The van der Waals surface area contributed by atoms with Crippen LogP contribution < -0.4 is 5.32 Å². The first kappa shape index (κ1) is 20.1. The van der Waals surface area contributed by atoms with Gasteiger partial charge in [0.05, 0.1) is 11.5 Å². The van der Waals surface area contributed by atoms with Crippen molar-refractivity contribution < 1.29 is 23.4 Å². The molecule has 0 aliphatic heterocycles. The van der Waals surface area contributed by atoms with Gasteiger partial charge in [0.2, 0.25) is 0 Å². The van der Waals surface area contributed by atoms with Crippen LogP contribution >= 0.6 is 11.3 Å². The molecule has 2 aromatic carbocycles. The van der Waals surface area contributed by atoms with Gasteiger partial charge in [-0.15, -0.1) is 11.3 Å². The summed E-state index contributed by atoms with van der Waals surface area (Å²) in [5, 5.41) is 2.30. The summed E-state index contributed by atoms with van der Waals surface area (Å²) in [4.78, 5) is 23.7. The molecule has 0 radical (unpaired) electrons. The Morgan fingerprint density at radius 1 is 1.07 bits per heavy atom. The molecule has 3 rings (SSSR count). The van der Waals surface area contributed by atoms with Gasteiger partial charge in [-0.1, -0.05) is 18.2 Å². The number of rotatable bonds is 7. The second-order valence-corrected chi connectivity index (χ2v) is 7.12. The van der Waals surface area contributed by atoms with Crippen molar-refractivity contribution in [3.63, 3.8) is 0 Å². The Kier molecular flexibility index (Phi) is 6.51. The summed E-state index contributed by atoms with van der Waals surface area (Å²) in [7, 11) is 0. The molecule has 0 saturated heterocycles. The van der Waals surface area contributed by atoms with Gasteiger partial charge in [-0.25, -0.2) is 18.6 Å². The lowest BCUT2D eigenvalue weighted by molar-refractivity contribution is -0.300. The van der Waals surface area contributed by atoms with Crippen LogP contribution in [0.3, 0.4) is 0 Å². The molecule has 0 spiro atoms. The van der Waals surface area contributed by atoms with Crippen LogP contribution in [0.5, 0.6) is 0 Å². The molecule has 0 saturated carbocycles. The maximum Gasteiger partial charge on any atom is 0.265 e. The number of anilines is 1. The van der Waals surface area contributed by atoms with Gasteiger partial charge in [-0.2, -0.15) is 0 Å². The van der Waals surface area contributed by atoms with E-state index >= 15 is 0 Å². The third kappa shape index (κ3) is 4.62. The standard InChI is InChI=1S/C21H19F2NO3S/c1-3-26-27-12-14-8-7-13(2)15(11-14)18-9-10-19(28-18)21(25)24-20-16(22)5-4-6-17(20)23/h4-11H,3,12H2,1-2H3,(H,24,25). The van der Waals surface area contributed by atoms with Crippen LogP contribution in [0, 0.1) is 18.6 Å². The first-order valence-corrected chi connectivity index (χ1v) is 9.50. The van der Waals surface area contributed by atoms with Crippen LogP contribution in [0.15, 0.2) is 48.5 Å². The average Bonchev–Trinajstić information content (AvgIpc) is 3.16. The second kappa shape index (κ2) is 9.05. The zero-order valence-corrected chi connectivity index (χ0v) is 16.2. The molecule has 1 aromatic heterocycles. The summed E-state index contributed by atoms with van der Waals surface area (Å²) in [5.74, 6) is -2.19. The maximum absolute atomic E-state index is 13.7. The lowest BCUT2D eigenvalue weighted by Gasteiger charge is -2.08. The highest BCUT2D eigenvalue weighted by Gasteiger charge is 2.16. The molecule has 0 aliphatic rings. The summed E-state index contributed by atoms with van der Waals surface area (Å²) < 4.78 is 27.5. The largest absolute Gasteiger partial charge is 0.316 e. The number of benzene rings is 2. The van der Waals surface area contributed by atoms with Gasteiger partial charge < -0.3 is 5.32 Å². The number of amides is 1. The Labute approximate surface area is 165 Å². The minimum absolute atomic E-state index is 0.312. The number of nitrogens with one attached hydrogen (secondary N) is 1. The van der Waals surface area contributed by atoms with Crippen molar-refractivity contribution >= 4 is 22.9 Å². The van der Waals surface area contributed by atoms with E-state index in [2.05, 4.69) is 5.32 Å². The van der Waals surface area contributed by atoms with Gasteiger partial charge in [-0.3, -0.25) is 4.79 Å². The highest BCUT2D eigenvalue weighted by atomic mass is 32.1. The molecule has 0 fully saturated rings. The molecular formula is C21H19F2NO3S. The number of hydrogen-bond donors (Lipinski definition) is 1. The first-order chi connectivity index (χ1) is 13.5. The predicted octanol–water partition coefficient (Wildman–Crippen LogP) is 5.72. The molecule has 1 amide bonds. The molecule has 146 valence electrons. The van der Waals surface area contributed by atoms with Crippen molar-refractivity contribution in [2.24, 2.45) is 0 Å². The molecule has 0 unspecified atom stereocenters. The first-order valence-electron chi connectivity index (χ1n) is 8.69. The van der Waals surface area contributed by atoms with Crippen molar-refractivity contribution in [2.75, 3.05) is 11.9 Å². The molecule has 28 heavy (non-hydrogen) atoms. The molecule has 7 heteroatoms. The number of thiophene rings is 1. The van der Waals surface area contributed by atoms with Crippen molar-refractivity contribution in [3.05, 3.63) is 76.2 Å². The minimum Gasteiger partial charge on any atom is -0.316 e. The third-order valence-corrected chi connectivity index (χ3v) is 5.14. The van der Waals surface area contributed by atoms with Gasteiger partial charge in [-0.05, 0) is 60.9 Å². The fourth-order valence-corrected chi connectivity index (χ4v) is 3.60. The van der Waals surface area contributed by atoms with Crippen LogP contribution in [-0.2, 0) is 16.4 Å². The van der Waals surface area contributed by atoms with Crippen molar-refractivity contribution in [2.45, 2.75) is 20.5 Å². The number of hydrogen-bond acceptors (Lipinski definition) is 4. The second-order valence-electron chi connectivity index (χ2n) is 6.03. The Bertz CT molecular complexity index is 967. The average molecular weight is 403 g/mol. The number of aryl methyl sites for hydroxylation is 1. The Balaban J connectivity index is 1.80. The molecule has 0 aliphatic carbocycles. The van der Waals surface area contributed by atoms with E-state index < -0.39 is 23.2 Å². The quantitative estimate of drug-likeness (QED) is 0.312. The summed E-state index contributed by atoms with van der Waals surface area (Å²) in [6.45, 7) is 4.58. The van der Waals surface area contributed by atoms with Gasteiger partial charge >= 0.3 is 0 Å². The van der Waals surface area contributed by atoms with Gasteiger partial charge in [0.25, 0.3) is 5.91 Å². The zero-order valence-electron chi connectivity index (χ0n) is 15.4. The van der Waals surface area contributed by atoms with E-state index in [4.69, 9.17) is 9.78 Å². The molecule has 4 nitrogen and oxygen atoms in total. The molecule has 0 atom stereocenters.